The van der Waals surface area contributed by atoms with E-state index in [1.165, 1.54) is 18.2 Å². The zero-order valence-corrected chi connectivity index (χ0v) is 18.2. The molecule has 0 atom stereocenters. The van der Waals surface area contributed by atoms with Gasteiger partial charge in [0.25, 0.3) is 5.69 Å². The molecule has 0 heterocycles. The summed E-state index contributed by atoms with van der Waals surface area (Å²) in [6.45, 7) is 2.18. The lowest BCUT2D eigenvalue weighted by atomic mass is 10.2. The van der Waals surface area contributed by atoms with E-state index in [0.717, 1.165) is 6.07 Å². The highest BCUT2D eigenvalue weighted by Crippen LogP contribution is 2.28. The molecule has 2 aromatic rings. The minimum absolute atomic E-state index is 0.0308. The van der Waals surface area contributed by atoms with Gasteiger partial charge in [-0.2, -0.15) is 0 Å². The number of anilines is 2. The molecule has 0 saturated heterocycles. The third kappa shape index (κ3) is 7.14. The predicted molar refractivity (Wildman–Crippen MR) is 119 cm³/mol. The lowest BCUT2D eigenvalue weighted by molar-refractivity contribution is -0.383. The summed E-state index contributed by atoms with van der Waals surface area (Å²) in [5.41, 5.74) is 0.125. The van der Waals surface area contributed by atoms with Gasteiger partial charge < -0.3 is 10.6 Å². The molecule has 2 rings (SSSR count). The smallest absolute Gasteiger partial charge is 0.294 e. The molecule has 0 fully saturated rings. The maximum Gasteiger partial charge on any atom is 0.294 e. The number of carbonyl (C=O) groups is 2. The number of benzene rings is 2. The molecule has 0 aliphatic rings. The highest BCUT2D eigenvalue weighted by molar-refractivity contribution is 6.36. The third-order valence-electron chi connectivity index (χ3n) is 3.91. The Bertz CT molecular complexity index is 955. The van der Waals surface area contributed by atoms with Gasteiger partial charge in [-0.25, -0.2) is 0 Å². The van der Waals surface area contributed by atoms with Crippen LogP contribution in [0.2, 0.25) is 15.1 Å². The molecule has 0 saturated carbocycles. The summed E-state index contributed by atoms with van der Waals surface area (Å²) in [4.78, 5) is 36.9. The van der Waals surface area contributed by atoms with Gasteiger partial charge in [0.05, 0.1) is 28.7 Å². The Morgan fingerprint density at radius 2 is 1.50 bits per heavy atom. The summed E-state index contributed by atoms with van der Waals surface area (Å²) < 4.78 is 0. The maximum absolute atomic E-state index is 12.4. The molecule has 0 bridgehead atoms. The summed E-state index contributed by atoms with van der Waals surface area (Å²) in [6, 6.07) is 8.65. The second-order valence-corrected chi connectivity index (χ2v) is 7.63. The van der Waals surface area contributed by atoms with E-state index in [2.05, 4.69) is 10.6 Å². The molecular weight excluding hydrogens is 455 g/mol. The first-order chi connectivity index (χ1) is 14.2. The Hall–Kier alpha value is -2.39. The number of hydrogen-bond acceptors (Lipinski definition) is 5. The van der Waals surface area contributed by atoms with Gasteiger partial charge in [0.1, 0.15) is 5.69 Å². The Kier molecular flexibility index (Phi) is 8.86. The van der Waals surface area contributed by atoms with Crippen molar-refractivity contribution in [1.82, 2.24) is 4.90 Å². The van der Waals surface area contributed by atoms with Gasteiger partial charge in [0, 0.05) is 16.1 Å². The fourth-order valence-corrected chi connectivity index (χ4v) is 3.29. The third-order valence-corrected chi connectivity index (χ3v) is 4.69. The van der Waals surface area contributed by atoms with Gasteiger partial charge in [-0.3, -0.25) is 24.6 Å². The maximum atomic E-state index is 12.4. The molecule has 0 spiro atoms. The van der Waals surface area contributed by atoms with Crippen molar-refractivity contribution in [2.75, 3.05) is 30.3 Å². The van der Waals surface area contributed by atoms with Crippen LogP contribution in [0.5, 0.6) is 0 Å². The molecule has 2 aromatic carbocycles. The summed E-state index contributed by atoms with van der Waals surface area (Å²) >= 11 is 17.7. The van der Waals surface area contributed by atoms with Crippen molar-refractivity contribution in [3.05, 3.63) is 61.6 Å². The molecule has 11 heteroatoms. The molecule has 0 unspecified atom stereocenters. The number of rotatable bonds is 9. The van der Waals surface area contributed by atoms with Crippen LogP contribution in [0.1, 0.15) is 13.3 Å². The topological polar surface area (TPSA) is 105 Å². The molecule has 0 aliphatic heterocycles. The summed E-state index contributed by atoms with van der Waals surface area (Å²) in [5, 5.41) is 17.3. The molecular formula is C19H19Cl3N4O4. The van der Waals surface area contributed by atoms with Gasteiger partial charge in [0.2, 0.25) is 11.8 Å². The van der Waals surface area contributed by atoms with Crippen LogP contribution in [0.25, 0.3) is 0 Å². The number of amides is 2. The highest BCUT2D eigenvalue weighted by Gasteiger charge is 2.19. The number of nitrogens with one attached hydrogen (secondary N) is 2. The minimum atomic E-state index is -0.630. The zero-order chi connectivity index (χ0) is 22.3. The Labute approximate surface area is 188 Å². The van der Waals surface area contributed by atoms with Crippen molar-refractivity contribution >= 4 is 63.7 Å². The van der Waals surface area contributed by atoms with E-state index in [1.54, 1.807) is 17.0 Å². The summed E-state index contributed by atoms with van der Waals surface area (Å²) in [5.74, 6) is -0.857. The predicted octanol–water partition coefficient (Wildman–Crippen LogP) is 4.84. The van der Waals surface area contributed by atoms with Crippen molar-refractivity contribution < 1.29 is 14.5 Å². The van der Waals surface area contributed by atoms with Crippen molar-refractivity contribution in [3.63, 3.8) is 0 Å². The lowest BCUT2D eigenvalue weighted by Gasteiger charge is -2.20. The first kappa shape index (κ1) is 23.9. The van der Waals surface area contributed by atoms with Gasteiger partial charge in [0.15, 0.2) is 0 Å². The fourth-order valence-electron chi connectivity index (χ4n) is 2.67. The molecule has 0 aliphatic carbocycles. The first-order valence-electron chi connectivity index (χ1n) is 8.90. The van der Waals surface area contributed by atoms with E-state index in [1.807, 2.05) is 6.92 Å². The minimum Gasteiger partial charge on any atom is -0.324 e. The quantitative estimate of drug-likeness (QED) is 0.400. The fraction of sp³-hybridized carbons (Fsp3) is 0.263. The second-order valence-electron chi connectivity index (χ2n) is 6.35. The van der Waals surface area contributed by atoms with Crippen LogP contribution < -0.4 is 10.6 Å². The monoisotopic (exact) mass is 472 g/mol. The molecule has 2 N–H and O–H groups in total. The zero-order valence-electron chi connectivity index (χ0n) is 16.0. The SMILES string of the molecule is CCCN(CC(=O)Nc1ccc(Cl)cc1Cl)CC(=O)Nc1ccc(Cl)cc1[N+](=O)[O-]. The van der Waals surface area contributed by atoms with Crippen LogP contribution in [0.3, 0.4) is 0 Å². The number of nitro groups is 1. The highest BCUT2D eigenvalue weighted by atomic mass is 35.5. The average Bonchev–Trinajstić information content (AvgIpc) is 2.65. The van der Waals surface area contributed by atoms with Crippen LogP contribution in [0.4, 0.5) is 17.1 Å². The van der Waals surface area contributed by atoms with Gasteiger partial charge in [-0.05, 0) is 43.3 Å². The Morgan fingerprint density at radius 3 is 2.03 bits per heavy atom. The van der Waals surface area contributed by atoms with Crippen LogP contribution in [0.15, 0.2) is 36.4 Å². The number of hydrogen-bond donors (Lipinski definition) is 2. The number of carbonyl (C=O) groups excluding carboxylic acids is 2. The standard InChI is InChI=1S/C19H19Cl3N4O4/c1-2-7-25(10-18(27)23-15-5-3-12(20)8-14(15)22)11-19(28)24-16-6-4-13(21)9-17(16)26(29)30/h3-6,8-9H,2,7,10-11H2,1H3,(H,23,27)(H,24,28). The molecule has 30 heavy (non-hydrogen) atoms. The van der Waals surface area contributed by atoms with Crippen LogP contribution in [-0.4, -0.2) is 41.3 Å². The Morgan fingerprint density at radius 1 is 0.967 bits per heavy atom. The lowest BCUT2D eigenvalue weighted by Crippen LogP contribution is -2.39. The normalized spacial score (nSPS) is 10.7. The second kappa shape index (κ2) is 11.1. The summed E-state index contributed by atoms with van der Waals surface area (Å²) in [7, 11) is 0. The van der Waals surface area contributed by atoms with E-state index >= 15 is 0 Å². The number of nitrogens with zero attached hydrogens (tertiary/aromatic N) is 2. The van der Waals surface area contributed by atoms with E-state index in [4.69, 9.17) is 34.8 Å². The van der Waals surface area contributed by atoms with E-state index in [9.17, 15) is 19.7 Å². The number of halogens is 3. The van der Waals surface area contributed by atoms with Crippen molar-refractivity contribution in [2.24, 2.45) is 0 Å². The van der Waals surface area contributed by atoms with Crippen molar-refractivity contribution in [3.8, 4) is 0 Å². The average molecular weight is 474 g/mol. The van der Waals surface area contributed by atoms with Gasteiger partial charge in [-0.1, -0.05) is 41.7 Å². The molecule has 0 aromatic heterocycles. The number of nitro benzene ring substituents is 1. The molecule has 0 radical (unpaired) electrons. The van der Waals surface area contributed by atoms with E-state index in [-0.39, 0.29) is 35.4 Å². The Balaban J connectivity index is 2.02. The van der Waals surface area contributed by atoms with Crippen LogP contribution in [-0.2, 0) is 9.59 Å². The molecule has 160 valence electrons. The van der Waals surface area contributed by atoms with E-state index < -0.39 is 10.8 Å². The van der Waals surface area contributed by atoms with Gasteiger partial charge >= 0.3 is 0 Å². The first-order valence-corrected chi connectivity index (χ1v) is 10.0. The van der Waals surface area contributed by atoms with Crippen molar-refractivity contribution in [1.29, 1.82) is 0 Å². The van der Waals surface area contributed by atoms with E-state index in [0.29, 0.717) is 28.7 Å². The van der Waals surface area contributed by atoms with Crippen molar-refractivity contribution in [2.45, 2.75) is 13.3 Å². The largest absolute Gasteiger partial charge is 0.324 e. The molecule has 2 amide bonds. The molecule has 8 nitrogen and oxygen atoms in total. The van der Waals surface area contributed by atoms with Crippen LogP contribution >= 0.6 is 34.8 Å². The van der Waals surface area contributed by atoms with Gasteiger partial charge in [-0.15, -0.1) is 0 Å². The summed E-state index contributed by atoms with van der Waals surface area (Å²) in [6.07, 6.45) is 0.698. The van der Waals surface area contributed by atoms with Crippen LogP contribution in [0, 0.1) is 10.1 Å².